The van der Waals surface area contributed by atoms with Gasteiger partial charge in [0.1, 0.15) is 17.4 Å². The Morgan fingerprint density at radius 1 is 1.20 bits per heavy atom. The van der Waals surface area contributed by atoms with Crippen LogP contribution in [0.3, 0.4) is 0 Å². The Morgan fingerprint density at radius 3 is 2.57 bits per heavy atom. The van der Waals surface area contributed by atoms with Gasteiger partial charge in [-0.1, -0.05) is 41.3 Å². The standard InChI is InChI=1S/C27H30BrN5OS/c1-15-11-21-22(12-16(15)2)32-26(31-21)27(14-29)23(19-10-9-18(34-3)13-20(19)28)24(35)33(25(27)30)17-7-5-4-6-8-17/h9-13,17,23-24,30,35H,4-8H2,1-3H3,(H,31,32). The van der Waals surface area contributed by atoms with Crippen molar-refractivity contribution in [1.82, 2.24) is 14.9 Å². The Balaban J connectivity index is 1.73. The first-order valence-electron chi connectivity index (χ1n) is 12.1. The summed E-state index contributed by atoms with van der Waals surface area (Å²) in [6, 6.07) is 12.7. The third kappa shape index (κ3) is 3.75. The van der Waals surface area contributed by atoms with E-state index in [2.05, 4.69) is 51.8 Å². The molecule has 2 heterocycles. The molecule has 1 aliphatic carbocycles. The highest BCUT2D eigenvalue weighted by Gasteiger charge is 2.61. The Bertz CT molecular complexity index is 1300. The monoisotopic (exact) mass is 551 g/mol. The number of imidazole rings is 1. The molecule has 3 atom stereocenters. The number of methoxy groups -OCH3 is 1. The van der Waals surface area contributed by atoms with E-state index in [1.165, 1.54) is 6.42 Å². The van der Waals surface area contributed by atoms with Gasteiger partial charge in [-0.3, -0.25) is 5.41 Å². The van der Waals surface area contributed by atoms with Crippen LogP contribution in [0.1, 0.15) is 60.5 Å². The average Bonchev–Trinajstić information content (AvgIpc) is 3.35. The molecule has 8 heteroatoms. The largest absolute Gasteiger partial charge is 0.497 e. The second-order valence-corrected chi connectivity index (χ2v) is 11.2. The summed E-state index contributed by atoms with van der Waals surface area (Å²) >= 11 is 8.84. The molecule has 1 aliphatic heterocycles. The molecular weight excluding hydrogens is 522 g/mol. The smallest absolute Gasteiger partial charge is 0.181 e. The van der Waals surface area contributed by atoms with E-state index in [4.69, 9.17) is 22.3 Å². The molecule has 2 aliphatic rings. The second kappa shape index (κ2) is 9.18. The highest BCUT2D eigenvalue weighted by Crippen LogP contribution is 2.53. The predicted molar refractivity (Wildman–Crippen MR) is 146 cm³/mol. The van der Waals surface area contributed by atoms with Gasteiger partial charge in [0.15, 0.2) is 5.41 Å². The molecule has 1 saturated carbocycles. The minimum atomic E-state index is -1.30. The van der Waals surface area contributed by atoms with Crippen molar-refractivity contribution in [3.05, 3.63) is 57.3 Å². The minimum absolute atomic E-state index is 0.197. The van der Waals surface area contributed by atoms with Gasteiger partial charge in [0.2, 0.25) is 0 Å². The molecule has 182 valence electrons. The molecular formula is C27H30BrN5OS. The van der Waals surface area contributed by atoms with Crippen molar-refractivity contribution in [3.8, 4) is 11.8 Å². The van der Waals surface area contributed by atoms with Crippen LogP contribution in [0.25, 0.3) is 11.0 Å². The van der Waals surface area contributed by atoms with Crippen LogP contribution >= 0.6 is 28.6 Å². The van der Waals surface area contributed by atoms with Crippen LogP contribution in [0.5, 0.6) is 5.75 Å². The first-order chi connectivity index (χ1) is 16.8. The zero-order chi connectivity index (χ0) is 24.9. The summed E-state index contributed by atoms with van der Waals surface area (Å²) < 4.78 is 6.25. The normalized spacial score (nSPS) is 25.3. The molecule has 0 amide bonds. The van der Waals surface area contributed by atoms with Crippen molar-refractivity contribution >= 4 is 45.4 Å². The molecule has 2 aromatic carbocycles. The van der Waals surface area contributed by atoms with Crippen molar-refractivity contribution in [2.24, 2.45) is 0 Å². The topological polar surface area (TPSA) is 88.8 Å². The van der Waals surface area contributed by atoms with Gasteiger partial charge in [-0.15, -0.1) is 0 Å². The first kappa shape index (κ1) is 24.2. The van der Waals surface area contributed by atoms with Crippen molar-refractivity contribution in [2.45, 2.75) is 68.7 Å². The van der Waals surface area contributed by atoms with Crippen molar-refractivity contribution in [3.63, 3.8) is 0 Å². The van der Waals surface area contributed by atoms with E-state index >= 15 is 0 Å². The van der Waals surface area contributed by atoms with Gasteiger partial charge in [0, 0.05) is 16.4 Å². The number of hydrogen-bond donors (Lipinski definition) is 3. The van der Waals surface area contributed by atoms with Crippen LogP contribution in [0, 0.1) is 30.6 Å². The average molecular weight is 553 g/mol. The van der Waals surface area contributed by atoms with E-state index < -0.39 is 11.3 Å². The van der Waals surface area contributed by atoms with Crippen LogP contribution in [-0.2, 0) is 5.41 Å². The molecule has 3 unspecified atom stereocenters. The Morgan fingerprint density at radius 2 is 1.91 bits per heavy atom. The summed E-state index contributed by atoms with van der Waals surface area (Å²) in [5.74, 6) is 1.11. The van der Waals surface area contributed by atoms with E-state index in [1.807, 2.05) is 24.3 Å². The number of thiol groups is 1. The fourth-order valence-corrected chi connectivity index (χ4v) is 7.09. The van der Waals surface area contributed by atoms with Crippen LogP contribution in [0.4, 0.5) is 0 Å². The number of hydrogen-bond acceptors (Lipinski definition) is 5. The van der Waals surface area contributed by atoms with Crippen molar-refractivity contribution < 1.29 is 4.74 Å². The number of rotatable bonds is 4. The molecule has 0 bridgehead atoms. The second-order valence-electron chi connectivity index (χ2n) is 9.79. The van der Waals surface area contributed by atoms with Crippen LogP contribution in [-0.4, -0.2) is 39.2 Å². The molecule has 1 aromatic heterocycles. The van der Waals surface area contributed by atoms with Gasteiger partial charge in [-0.05, 0) is 67.6 Å². The lowest BCUT2D eigenvalue weighted by molar-refractivity contribution is 0.238. The number of benzene rings is 2. The highest BCUT2D eigenvalue weighted by atomic mass is 79.9. The first-order valence-corrected chi connectivity index (χ1v) is 13.4. The minimum Gasteiger partial charge on any atom is -0.497 e. The van der Waals surface area contributed by atoms with E-state index in [1.54, 1.807) is 7.11 Å². The summed E-state index contributed by atoms with van der Waals surface area (Å²) in [5.41, 5.74) is 3.61. The Hall–Kier alpha value is -2.50. The van der Waals surface area contributed by atoms with E-state index in [9.17, 15) is 10.7 Å². The number of amidine groups is 1. The highest BCUT2D eigenvalue weighted by molar-refractivity contribution is 9.10. The molecule has 3 aromatic rings. The molecule has 2 fully saturated rings. The van der Waals surface area contributed by atoms with Crippen LogP contribution in [0.2, 0.25) is 0 Å². The molecule has 6 nitrogen and oxygen atoms in total. The van der Waals surface area contributed by atoms with Crippen molar-refractivity contribution in [2.75, 3.05) is 7.11 Å². The summed E-state index contributed by atoms with van der Waals surface area (Å²) in [6.45, 7) is 4.13. The molecule has 5 rings (SSSR count). The number of halogens is 1. The number of nitrogens with one attached hydrogen (secondary N) is 2. The number of ether oxygens (including phenoxy) is 1. The molecule has 0 radical (unpaired) electrons. The maximum absolute atomic E-state index is 10.9. The number of aromatic nitrogens is 2. The Kier molecular flexibility index (Phi) is 6.35. The summed E-state index contributed by atoms with van der Waals surface area (Å²) in [6.07, 6.45) is 5.50. The number of H-pyrrole nitrogens is 1. The third-order valence-corrected chi connectivity index (χ3v) is 9.07. The maximum Gasteiger partial charge on any atom is 0.181 e. The lowest BCUT2D eigenvalue weighted by Gasteiger charge is -2.36. The van der Waals surface area contributed by atoms with E-state index in [0.717, 1.165) is 63.6 Å². The van der Waals surface area contributed by atoms with Gasteiger partial charge in [0.25, 0.3) is 0 Å². The van der Waals surface area contributed by atoms with Crippen molar-refractivity contribution in [1.29, 1.82) is 10.7 Å². The number of nitrogens with zero attached hydrogens (tertiary/aromatic N) is 3. The zero-order valence-electron chi connectivity index (χ0n) is 20.2. The summed E-state index contributed by atoms with van der Waals surface area (Å²) in [5, 5.41) is 20.0. The Labute approximate surface area is 220 Å². The van der Waals surface area contributed by atoms with E-state index in [-0.39, 0.29) is 17.3 Å². The van der Waals surface area contributed by atoms with Gasteiger partial charge >= 0.3 is 0 Å². The van der Waals surface area contributed by atoms with Gasteiger partial charge in [-0.2, -0.15) is 17.9 Å². The lowest BCUT2D eigenvalue weighted by Crippen LogP contribution is -2.44. The number of likely N-dealkylation sites (tertiary alicyclic amines) is 1. The zero-order valence-corrected chi connectivity index (χ0v) is 22.7. The molecule has 0 spiro atoms. The molecule has 1 saturated heterocycles. The predicted octanol–water partition coefficient (Wildman–Crippen LogP) is 6.38. The number of fused-ring (bicyclic) bond motifs is 1. The number of aromatic amines is 1. The summed E-state index contributed by atoms with van der Waals surface area (Å²) in [4.78, 5) is 10.5. The van der Waals surface area contributed by atoms with Gasteiger partial charge in [-0.25, -0.2) is 4.98 Å². The van der Waals surface area contributed by atoms with E-state index in [0.29, 0.717) is 5.82 Å². The SMILES string of the molecule is COc1ccc(C2C(S)N(C3CCCCC3)C(=N)C2(C#N)c2nc3cc(C)c(C)cc3[nH]2)c(Br)c1. The quantitative estimate of drug-likeness (QED) is 0.328. The fourth-order valence-electron chi connectivity index (χ4n) is 5.80. The van der Waals surface area contributed by atoms with Gasteiger partial charge in [0.05, 0.1) is 29.6 Å². The number of nitriles is 1. The number of aryl methyl sites for hydroxylation is 2. The van der Waals surface area contributed by atoms with Crippen LogP contribution in [0.15, 0.2) is 34.8 Å². The molecule has 2 N–H and O–H groups in total. The molecule has 35 heavy (non-hydrogen) atoms. The third-order valence-electron chi connectivity index (χ3n) is 7.84. The fraction of sp³-hybridized carbons (Fsp3) is 0.444. The van der Waals surface area contributed by atoms with Gasteiger partial charge < -0.3 is 14.6 Å². The summed E-state index contributed by atoms with van der Waals surface area (Å²) in [7, 11) is 1.64. The lowest BCUT2D eigenvalue weighted by atomic mass is 9.74. The maximum atomic E-state index is 10.9. The van der Waals surface area contributed by atoms with Crippen LogP contribution < -0.4 is 4.74 Å².